The molecule has 0 fully saturated rings. The Hall–Kier alpha value is -8.26. The smallest absolute Gasteiger partial charge is 0.0468 e. The SMILES string of the molecule is c1ccc(-c2ccc(N(c3ccccc3)c3ccc4cc(-c5cccc6c(-c7ccccc7)c(-c7ccccc7)c(-c7ccccc7)c(-c7ccccc7)c56)ccc4c3)cc2)cc1. The molecular weight excluding hydrogens is 759 g/mol. The third-order valence-corrected chi connectivity index (χ3v) is 12.2. The summed E-state index contributed by atoms with van der Waals surface area (Å²) in [7, 11) is 0. The van der Waals surface area contributed by atoms with Crippen LogP contribution in [0.15, 0.2) is 261 Å². The van der Waals surface area contributed by atoms with Gasteiger partial charge in [0.1, 0.15) is 0 Å². The third-order valence-electron chi connectivity index (χ3n) is 12.2. The van der Waals surface area contributed by atoms with Gasteiger partial charge >= 0.3 is 0 Å². The Labute approximate surface area is 369 Å². The molecule has 63 heavy (non-hydrogen) atoms. The van der Waals surface area contributed by atoms with Crippen molar-refractivity contribution < 1.29 is 0 Å². The number of nitrogens with zero attached hydrogens (tertiary/aromatic N) is 1. The van der Waals surface area contributed by atoms with Crippen molar-refractivity contribution in [2.24, 2.45) is 0 Å². The van der Waals surface area contributed by atoms with Gasteiger partial charge in [0.15, 0.2) is 0 Å². The van der Waals surface area contributed by atoms with Crippen molar-refractivity contribution in [1.82, 2.24) is 0 Å². The largest absolute Gasteiger partial charge is 0.310 e. The molecule has 0 N–H and O–H groups in total. The van der Waals surface area contributed by atoms with Gasteiger partial charge in [-0.3, -0.25) is 0 Å². The second-order valence-corrected chi connectivity index (χ2v) is 16.0. The Kier molecular flexibility index (Phi) is 9.97. The van der Waals surface area contributed by atoms with E-state index in [-0.39, 0.29) is 0 Å². The molecule has 0 unspecified atom stereocenters. The Bertz CT molecular complexity index is 3330. The summed E-state index contributed by atoms with van der Waals surface area (Å²) >= 11 is 0. The quantitative estimate of drug-likeness (QED) is 0.141. The molecule has 1 heteroatoms. The lowest BCUT2D eigenvalue weighted by atomic mass is 9.77. The van der Waals surface area contributed by atoms with Crippen molar-refractivity contribution in [3.05, 3.63) is 261 Å². The molecule has 11 rings (SSSR count). The molecule has 0 aromatic heterocycles. The van der Waals surface area contributed by atoms with E-state index in [4.69, 9.17) is 0 Å². The van der Waals surface area contributed by atoms with Gasteiger partial charge in [-0.2, -0.15) is 0 Å². The van der Waals surface area contributed by atoms with E-state index < -0.39 is 0 Å². The minimum Gasteiger partial charge on any atom is -0.310 e. The van der Waals surface area contributed by atoms with Gasteiger partial charge in [0.05, 0.1) is 0 Å². The Morgan fingerprint density at radius 2 is 0.619 bits per heavy atom. The molecule has 0 heterocycles. The van der Waals surface area contributed by atoms with E-state index in [2.05, 4.69) is 266 Å². The predicted octanol–water partition coefficient (Wildman–Crippen LogP) is 17.5. The maximum absolute atomic E-state index is 2.37. The molecule has 0 aliphatic heterocycles. The van der Waals surface area contributed by atoms with Gasteiger partial charge in [0.2, 0.25) is 0 Å². The van der Waals surface area contributed by atoms with Crippen LogP contribution < -0.4 is 4.90 Å². The lowest BCUT2D eigenvalue weighted by Crippen LogP contribution is -2.09. The van der Waals surface area contributed by atoms with Crippen LogP contribution >= 0.6 is 0 Å². The zero-order valence-corrected chi connectivity index (χ0v) is 34.8. The summed E-state index contributed by atoms with van der Waals surface area (Å²) in [4.78, 5) is 2.35. The molecular formula is C62H43N. The molecule has 0 atom stereocenters. The van der Waals surface area contributed by atoms with E-state index in [0.29, 0.717) is 0 Å². The Morgan fingerprint density at radius 1 is 0.222 bits per heavy atom. The van der Waals surface area contributed by atoms with Crippen LogP contribution in [0, 0.1) is 0 Å². The average Bonchev–Trinajstić information content (AvgIpc) is 3.37. The number of anilines is 3. The molecule has 0 aliphatic rings. The van der Waals surface area contributed by atoms with Crippen molar-refractivity contribution in [3.8, 4) is 66.8 Å². The molecule has 0 aliphatic carbocycles. The van der Waals surface area contributed by atoms with Crippen LogP contribution in [0.5, 0.6) is 0 Å². The first kappa shape index (κ1) is 37.7. The minimum atomic E-state index is 1.11. The predicted molar refractivity (Wildman–Crippen MR) is 269 cm³/mol. The highest BCUT2D eigenvalue weighted by Gasteiger charge is 2.26. The second-order valence-electron chi connectivity index (χ2n) is 16.0. The van der Waals surface area contributed by atoms with E-state index in [1.165, 1.54) is 88.3 Å². The summed E-state index contributed by atoms with van der Waals surface area (Å²) in [6.45, 7) is 0. The number of fused-ring (bicyclic) bond motifs is 2. The van der Waals surface area contributed by atoms with Crippen LogP contribution in [-0.2, 0) is 0 Å². The number of rotatable bonds is 9. The zero-order valence-electron chi connectivity index (χ0n) is 34.8. The average molecular weight is 802 g/mol. The zero-order chi connectivity index (χ0) is 42.0. The van der Waals surface area contributed by atoms with Gasteiger partial charge in [0, 0.05) is 17.1 Å². The van der Waals surface area contributed by atoms with Crippen LogP contribution in [0.2, 0.25) is 0 Å². The summed E-state index contributed by atoms with van der Waals surface area (Å²) in [6.07, 6.45) is 0. The lowest BCUT2D eigenvalue weighted by molar-refractivity contribution is 1.29. The molecule has 11 aromatic carbocycles. The summed E-state index contributed by atoms with van der Waals surface area (Å²) in [5.74, 6) is 0. The van der Waals surface area contributed by atoms with Crippen LogP contribution in [0.3, 0.4) is 0 Å². The number of hydrogen-bond acceptors (Lipinski definition) is 1. The first-order valence-electron chi connectivity index (χ1n) is 21.7. The van der Waals surface area contributed by atoms with Crippen molar-refractivity contribution in [2.75, 3.05) is 4.90 Å². The normalized spacial score (nSPS) is 11.2. The fraction of sp³-hybridized carbons (Fsp3) is 0. The van der Waals surface area contributed by atoms with Gasteiger partial charge in [-0.15, -0.1) is 0 Å². The van der Waals surface area contributed by atoms with E-state index in [9.17, 15) is 0 Å². The van der Waals surface area contributed by atoms with E-state index in [0.717, 1.165) is 17.1 Å². The van der Waals surface area contributed by atoms with Gasteiger partial charge in [-0.25, -0.2) is 0 Å². The summed E-state index contributed by atoms with van der Waals surface area (Å²) in [5.41, 5.74) is 17.8. The van der Waals surface area contributed by atoms with Crippen molar-refractivity contribution >= 4 is 38.6 Å². The summed E-state index contributed by atoms with van der Waals surface area (Å²) in [5, 5.41) is 4.84. The van der Waals surface area contributed by atoms with Crippen LogP contribution in [-0.4, -0.2) is 0 Å². The van der Waals surface area contributed by atoms with Gasteiger partial charge in [0.25, 0.3) is 0 Å². The van der Waals surface area contributed by atoms with Crippen molar-refractivity contribution in [2.45, 2.75) is 0 Å². The summed E-state index contributed by atoms with van der Waals surface area (Å²) in [6, 6.07) is 94.6. The molecule has 0 spiro atoms. The minimum absolute atomic E-state index is 1.11. The fourth-order valence-corrected chi connectivity index (χ4v) is 9.36. The molecule has 0 saturated heterocycles. The van der Waals surface area contributed by atoms with Crippen molar-refractivity contribution in [3.63, 3.8) is 0 Å². The lowest BCUT2D eigenvalue weighted by Gasteiger charge is -2.26. The van der Waals surface area contributed by atoms with Crippen LogP contribution in [0.1, 0.15) is 0 Å². The molecule has 0 saturated carbocycles. The van der Waals surface area contributed by atoms with Gasteiger partial charge in [-0.05, 0) is 131 Å². The highest BCUT2D eigenvalue weighted by Crippen LogP contribution is 2.53. The maximum Gasteiger partial charge on any atom is 0.0468 e. The van der Waals surface area contributed by atoms with E-state index >= 15 is 0 Å². The maximum atomic E-state index is 2.37. The van der Waals surface area contributed by atoms with Gasteiger partial charge in [-0.1, -0.05) is 218 Å². The van der Waals surface area contributed by atoms with Gasteiger partial charge < -0.3 is 4.90 Å². The van der Waals surface area contributed by atoms with Crippen LogP contribution in [0.25, 0.3) is 88.3 Å². The first-order chi connectivity index (χ1) is 31.3. The number of para-hydroxylation sites is 1. The van der Waals surface area contributed by atoms with Crippen LogP contribution in [0.4, 0.5) is 17.1 Å². The fourth-order valence-electron chi connectivity index (χ4n) is 9.36. The highest BCUT2D eigenvalue weighted by atomic mass is 15.1. The number of hydrogen-bond donors (Lipinski definition) is 0. The third kappa shape index (κ3) is 7.16. The molecule has 0 bridgehead atoms. The Balaban J connectivity index is 1.13. The topological polar surface area (TPSA) is 3.24 Å². The van der Waals surface area contributed by atoms with E-state index in [1.54, 1.807) is 0 Å². The van der Waals surface area contributed by atoms with E-state index in [1.807, 2.05) is 0 Å². The monoisotopic (exact) mass is 801 g/mol. The standard InChI is InChI=1S/C62H43N/c1-7-20-44(21-8-1)45-36-39-54(40-37-45)63(53-30-17-6-18-31-53)55-41-38-50-42-52(35-34-51(50)43-55)56-32-19-33-57-58(46-22-9-2-10-23-46)59(47-24-11-3-12-25-47)60(48-26-13-4-14-27-48)61(62(56)57)49-28-15-5-16-29-49/h1-43H. The summed E-state index contributed by atoms with van der Waals surface area (Å²) < 4.78 is 0. The molecule has 1 nitrogen and oxygen atoms in total. The van der Waals surface area contributed by atoms with Crippen molar-refractivity contribution in [1.29, 1.82) is 0 Å². The highest BCUT2D eigenvalue weighted by molar-refractivity contribution is 6.22. The second kappa shape index (κ2) is 16.7. The first-order valence-corrected chi connectivity index (χ1v) is 21.7. The Morgan fingerprint density at radius 3 is 1.19 bits per heavy atom. The molecule has 11 aromatic rings. The molecule has 296 valence electrons. The number of benzene rings is 11. The molecule has 0 radical (unpaired) electrons. The molecule has 0 amide bonds.